The highest BCUT2D eigenvalue weighted by molar-refractivity contribution is 5.94. The minimum absolute atomic E-state index is 0.0841. The van der Waals surface area contributed by atoms with Crippen LogP contribution >= 0.6 is 0 Å². The molecule has 298 valence electrons. The lowest BCUT2D eigenvalue weighted by Crippen LogP contribution is -2.18. The van der Waals surface area contributed by atoms with Crippen LogP contribution in [-0.2, 0) is 30.1 Å². The van der Waals surface area contributed by atoms with Gasteiger partial charge in [-0.25, -0.2) is 0 Å². The highest BCUT2D eigenvalue weighted by Gasteiger charge is 2.34. The number of rotatable bonds is 9. The van der Waals surface area contributed by atoms with E-state index in [0.717, 1.165) is 19.3 Å². The highest BCUT2D eigenvalue weighted by atomic mass is 14.4. The van der Waals surface area contributed by atoms with Gasteiger partial charge >= 0.3 is 0 Å². The second-order valence-corrected chi connectivity index (χ2v) is 19.0. The third-order valence-corrected chi connectivity index (χ3v) is 13.2. The van der Waals surface area contributed by atoms with Crippen molar-refractivity contribution in [2.75, 3.05) is 0 Å². The molecule has 0 fully saturated rings. The third kappa shape index (κ3) is 7.51. The molecule has 0 nitrogen and oxygen atoms in total. The summed E-state index contributed by atoms with van der Waals surface area (Å²) in [6.07, 6.45) is 14.6. The van der Waals surface area contributed by atoms with Crippen LogP contribution in [0.25, 0.3) is 54.9 Å². The summed E-state index contributed by atoms with van der Waals surface area (Å²) >= 11 is 0. The Morgan fingerprint density at radius 3 is 1.62 bits per heavy atom. The molecule has 0 saturated heterocycles. The molecule has 61 heavy (non-hydrogen) atoms. The van der Waals surface area contributed by atoms with Gasteiger partial charge in [0, 0.05) is 11.3 Å². The first kappa shape index (κ1) is 38.7. The Balaban J connectivity index is 1.20. The van der Waals surface area contributed by atoms with Crippen LogP contribution in [0.15, 0.2) is 200 Å². The van der Waals surface area contributed by atoms with E-state index in [1.165, 1.54) is 99.4 Å². The van der Waals surface area contributed by atoms with Gasteiger partial charge in [-0.1, -0.05) is 204 Å². The van der Waals surface area contributed by atoms with Gasteiger partial charge in [-0.05, 0) is 149 Å². The van der Waals surface area contributed by atoms with Crippen LogP contribution in [0.1, 0.15) is 79.5 Å². The highest BCUT2D eigenvalue weighted by Crippen LogP contribution is 2.52. The minimum atomic E-state index is -0.282. The fourth-order valence-electron chi connectivity index (χ4n) is 10.2. The predicted octanol–water partition coefficient (Wildman–Crippen LogP) is 16.1. The summed E-state index contributed by atoms with van der Waals surface area (Å²) in [4.78, 5) is 0. The van der Waals surface area contributed by atoms with Gasteiger partial charge in [0.15, 0.2) is 0 Å². The molecule has 0 spiro atoms. The molecule has 0 N–H and O–H groups in total. The molecule has 0 amide bonds. The number of fused-ring (bicyclic) bond motifs is 5. The van der Waals surface area contributed by atoms with E-state index in [2.05, 4.69) is 229 Å². The van der Waals surface area contributed by atoms with E-state index < -0.39 is 0 Å². The Morgan fingerprint density at radius 2 is 1.03 bits per heavy atom. The first-order valence-electron chi connectivity index (χ1n) is 22.1. The molecule has 2 aliphatic rings. The van der Waals surface area contributed by atoms with Crippen LogP contribution in [0.3, 0.4) is 0 Å². The van der Waals surface area contributed by atoms with Crippen LogP contribution in [0.5, 0.6) is 0 Å². The lowest BCUT2D eigenvalue weighted by Gasteiger charge is -2.30. The zero-order chi connectivity index (χ0) is 41.7. The van der Waals surface area contributed by atoms with Gasteiger partial charge in [-0.15, -0.1) is 0 Å². The SMILES string of the molecule is CC(C)(C)c1cc2c(c(C3C=CC=C3)c1-c1ccc3ccccc3c1)Cc1cc(-c3ccc4ccccc4c3)c(C(C)(C)C=C(Cc3ccccc3)Cc3ccccc3)cc1-2. The van der Waals surface area contributed by atoms with Crippen molar-refractivity contribution >= 4 is 21.5 Å². The Morgan fingerprint density at radius 1 is 0.508 bits per heavy atom. The van der Waals surface area contributed by atoms with Gasteiger partial charge in [-0.2, -0.15) is 0 Å². The summed E-state index contributed by atoms with van der Waals surface area (Å²) in [6.45, 7) is 12.1. The van der Waals surface area contributed by atoms with Crippen molar-refractivity contribution < 1.29 is 0 Å². The molecule has 0 heterocycles. The van der Waals surface area contributed by atoms with Crippen molar-refractivity contribution in [3.8, 4) is 33.4 Å². The average Bonchev–Trinajstić information content (AvgIpc) is 3.94. The van der Waals surface area contributed by atoms with Crippen LogP contribution in [-0.4, -0.2) is 0 Å². The lowest BCUT2D eigenvalue weighted by molar-refractivity contribution is 0.591. The molecule has 0 bridgehead atoms. The van der Waals surface area contributed by atoms with E-state index in [4.69, 9.17) is 0 Å². The van der Waals surface area contributed by atoms with Gasteiger partial charge in [0.25, 0.3) is 0 Å². The second kappa shape index (κ2) is 15.5. The normalized spacial score (nSPS) is 13.5. The quantitative estimate of drug-likeness (QED) is 0.128. The van der Waals surface area contributed by atoms with Gasteiger partial charge in [0.2, 0.25) is 0 Å². The van der Waals surface area contributed by atoms with Crippen molar-refractivity contribution in [1.29, 1.82) is 0 Å². The van der Waals surface area contributed by atoms with Gasteiger partial charge in [-0.3, -0.25) is 0 Å². The number of benzene rings is 8. The fraction of sp³-hybridized carbons (Fsp3) is 0.180. The molecular formula is C61H54. The summed E-state index contributed by atoms with van der Waals surface area (Å²) in [5.41, 5.74) is 19.0. The van der Waals surface area contributed by atoms with Gasteiger partial charge < -0.3 is 0 Å². The van der Waals surface area contributed by atoms with E-state index in [1.807, 2.05) is 0 Å². The van der Waals surface area contributed by atoms with Crippen LogP contribution in [0, 0.1) is 0 Å². The molecule has 0 heteroatoms. The molecule has 0 aromatic heterocycles. The van der Waals surface area contributed by atoms with Gasteiger partial charge in [0.05, 0.1) is 0 Å². The monoisotopic (exact) mass is 786 g/mol. The maximum Gasteiger partial charge on any atom is 0.0214 e. The molecule has 0 radical (unpaired) electrons. The summed E-state index contributed by atoms with van der Waals surface area (Å²) in [5.74, 6) is 0.212. The molecule has 2 aliphatic carbocycles. The first-order valence-corrected chi connectivity index (χ1v) is 22.1. The lowest BCUT2D eigenvalue weighted by atomic mass is 9.74. The van der Waals surface area contributed by atoms with Crippen LogP contribution < -0.4 is 0 Å². The molecule has 0 saturated carbocycles. The summed E-state index contributed by atoms with van der Waals surface area (Å²) in [6, 6.07) is 61.4. The van der Waals surface area contributed by atoms with Crippen molar-refractivity contribution in [1.82, 2.24) is 0 Å². The van der Waals surface area contributed by atoms with E-state index >= 15 is 0 Å². The first-order chi connectivity index (χ1) is 29.6. The Kier molecular flexibility index (Phi) is 9.84. The van der Waals surface area contributed by atoms with Crippen molar-refractivity contribution in [3.63, 3.8) is 0 Å². The Bertz CT molecular complexity index is 2980. The molecule has 0 unspecified atom stereocenters. The Labute approximate surface area is 362 Å². The van der Waals surface area contributed by atoms with E-state index in [-0.39, 0.29) is 16.7 Å². The maximum absolute atomic E-state index is 2.60. The van der Waals surface area contributed by atoms with E-state index in [1.54, 1.807) is 0 Å². The van der Waals surface area contributed by atoms with Crippen molar-refractivity contribution in [2.45, 2.75) is 70.6 Å². The van der Waals surface area contributed by atoms with Gasteiger partial charge in [0.1, 0.15) is 0 Å². The zero-order valence-corrected chi connectivity index (χ0v) is 36.2. The largest absolute Gasteiger partial charge is 0.0746 e. The molecule has 10 rings (SSSR count). The second-order valence-electron chi connectivity index (χ2n) is 19.0. The minimum Gasteiger partial charge on any atom is -0.0746 e. The maximum atomic E-state index is 2.60. The predicted molar refractivity (Wildman–Crippen MR) is 262 cm³/mol. The van der Waals surface area contributed by atoms with Crippen LogP contribution in [0.2, 0.25) is 0 Å². The summed E-state index contributed by atoms with van der Waals surface area (Å²) in [7, 11) is 0. The molecule has 8 aromatic carbocycles. The average molecular weight is 787 g/mol. The molecule has 8 aromatic rings. The third-order valence-electron chi connectivity index (χ3n) is 13.2. The molecule has 0 atom stereocenters. The summed E-state index contributed by atoms with van der Waals surface area (Å²) in [5, 5.41) is 5.10. The fourth-order valence-corrected chi connectivity index (χ4v) is 10.2. The van der Waals surface area contributed by atoms with E-state index in [9.17, 15) is 0 Å². The smallest absolute Gasteiger partial charge is 0.0214 e. The van der Waals surface area contributed by atoms with Crippen molar-refractivity contribution in [2.24, 2.45) is 0 Å². The Hall–Kier alpha value is -6.50. The zero-order valence-electron chi connectivity index (χ0n) is 36.2. The standard InChI is InChI=1S/C61H54/c1-60(2,3)57-39-54-52-38-56(61(4,5)40-43(32-41-18-8-6-9-19-41)33-42-20-10-7-11-21-42)53(49-30-28-44-22-12-16-26-47(44)34-49)36-51(52)37-55(54)58(46-24-14-15-25-46)59(57)50-31-29-45-23-13-17-27-48(45)35-50/h6-31,34-36,38-40,46H,32-33,37H2,1-5H3. The molecular weight excluding hydrogens is 733 g/mol. The van der Waals surface area contributed by atoms with Crippen LogP contribution in [0.4, 0.5) is 0 Å². The molecule has 0 aliphatic heterocycles. The summed E-state index contributed by atoms with van der Waals surface area (Å²) < 4.78 is 0. The number of hydrogen-bond donors (Lipinski definition) is 0. The number of hydrogen-bond acceptors (Lipinski definition) is 0. The number of allylic oxidation sites excluding steroid dienone is 6. The van der Waals surface area contributed by atoms with Crippen molar-refractivity contribution in [3.05, 3.63) is 239 Å². The van der Waals surface area contributed by atoms with E-state index in [0.29, 0.717) is 0 Å². The topological polar surface area (TPSA) is 0 Å².